The Labute approximate surface area is 156 Å². The van der Waals surface area contributed by atoms with E-state index in [0.29, 0.717) is 12.3 Å². The molecule has 5 heteroatoms. The molecule has 1 aromatic rings. The highest BCUT2D eigenvalue weighted by atomic mass is 16.5. The molecule has 0 unspecified atom stereocenters. The van der Waals surface area contributed by atoms with E-state index in [-0.39, 0.29) is 24.3 Å². The third-order valence-electron chi connectivity index (χ3n) is 5.37. The summed E-state index contributed by atoms with van der Waals surface area (Å²) in [5.41, 5.74) is -0.559. The second-order valence-electron chi connectivity index (χ2n) is 7.88. The zero-order valence-corrected chi connectivity index (χ0v) is 16.2. The highest BCUT2D eigenvalue weighted by molar-refractivity contribution is 5.85. The fourth-order valence-electron chi connectivity index (χ4n) is 4.07. The summed E-state index contributed by atoms with van der Waals surface area (Å²) in [6, 6.07) is 9.31. The number of rotatable bonds is 6. The molecule has 144 valence electrons. The molecule has 0 aromatic heterocycles. The highest BCUT2D eigenvalue weighted by Gasteiger charge is 2.48. The van der Waals surface area contributed by atoms with E-state index in [2.05, 4.69) is 12.2 Å². The van der Waals surface area contributed by atoms with Gasteiger partial charge in [0.05, 0.1) is 6.54 Å². The molecule has 1 saturated carbocycles. The van der Waals surface area contributed by atoms with Crippen LogP contribution < -0.4 is 5.32 Å². The van der Waals surface area contributed by atoms with Gasteiger partial charge in [0.15, 0.2) is 0 Å². The number of amides is 1. The lowest BCUT2D eigenvalue weighted by Crippen LogP contribution is -2.56. The van der Waals surface area contributed by atoms with Gasteiger partial charge in [-0.1, -0.05) is 57.5 Å². The van der Waals surface area contributed by atoms with E-state index < -0.39 is 17.7 Å². The summed E-state index contributed by atoms with van der Waals surface area (Å²) < 4.78 is 5.37. The molecule has 0 saturated heterocycles. The van der Waals surface area contributed by atoms with Crippen LogP contribution in [0.4, 0.5) is 0 Å². The summed E-state index contributed by atoms with van der Waals surface area (Å²) >= 11 is 0. The lowest BCUT2D eigenvalue weighted by atomic mass is 9.66. The maximum absolute atomic E-state index is 12.9. The van der Waals surface area contributed by atoms with E-state index in [1.807, 2.05) is 44.2 Å². The molecule has 5 nitrogen and oxygen atoms in total. The predicted molar refractivity (Wildman–Crippen MR) is 100 cm³/mol. The van der Waals surface area contributed by atoms with Gasteiger partial charge >= 0.3 is 5.97 Å². The Morgan fingerprint density at radius 1 is 1.27 bits per heavy atom. The van der Waals surface area contributed by atoms with E-state index in [4.69, 9.17) is 4.74 Å². The molecule has 1 aromatic carbocycles. The van der Waals surface area contributed by atoms with Crippen molar-refractivity contribution in [1.29, 1.82) is 0 Å². The minimum absolute atomic E-state index is 0.0670. The molecule has 2 rings (SSSR count). The van der Waals surface area contributed by atoms with Crippen molar-refractivity contribution in [3.05, 3.63) is 35.9 Å². The van der Waals surface area contributed by atoms with E-state index in [1.54, 1.807) is 0 Å². The van der Waals surface area contributed by atoms with Crippen LogP contribution in [0.2, 0.25) is 0 Å². The van der Waals surface area contributed by atoms with Crippen molar-refractivity contribution in [1.82, 2.24) is 5.32 Å². The quantitative estimate of drug-likeness (QED) is 0.763. The summed E-state index contributed by atoms with van der Waals surface area (Å²) in [5, 5.41) is 14.0. The Balaban J connectivity index is 2.11. The minimum atomic E-state index is -1.37. The molecule has 2 N–H and O–H groups in total. The van der Waals surface area contributed by atoms with Crippen molar-refractivity contribution in [2.45, 2.75) is 58.7 Å². The standard InChI is InChI=1S/C21H31NO4/c1-14(2)18-11-10-15(3)12-21(18,25)20(24)22-13-19(26-16(4)23)17-8-6-5-7-9-17/h5-9,14-15,18-19,25H,10-13H2,1-4H3,(H,22,24)/t15-,18+,19-,21+/m1/s1. The minimum Gasteiger partial charge on any atom is -0.456 e. The second kappa shape index (κ2) is 8.67. The smallest absolute Gasteiger partial charge is 0.303 e. The molecule has 1 amide bonds. The molecular weight excluding hydrogens is 330 g/mol. The Morgan fingerprint density at radius 3 is 2.50 bits per heavy atom. The molecule has 0 bridgehead atoms. The van der Waals surface area contributed by atoms with Crippen LogP contribution in [0, 0.1) is 17.8 Å². The molecule has 1 aliphatic rings. The Kier molecular flexibility index (Phi) is 6.81. The van der Waals surface area contributed by atoms with E-state index in [9.17, 15) is 14.7 Å². The number of nitrogens with one attached hydrogen (secondary N) is 1. The van der Waals surface area contributed by atoms with Gasteiger partial charge in [-0.15, -0.1) is 0 Å². The third kappa shape index (κ3) is 4.85. The van der Waals surface area contributed by atoms with Crippen molar-refractivity contribution < 1.29 is 19.4 Å². The van der Waals surface area contributed by atoms with E-state index in [0.717, 1.165) is 18.4 Å². The van der Waals surface area contributed by atoms with Crippen LogP contribution in [-0.4, -0.2) is 29.1 Å². The topological polar surface area (TPSA) is 75.6 Å². The van der Waals surface area contributed by atoms with Gasteiger partial charge in [0.1, 0.15) is 11.7 Å². The molecule has 0 radical (unpaired) electrons. The maximum atomic E-state index is 12.9. The Morgan fingerprint density at radius 2 is 1.92 bits per heavy atom. The predicted octanol–water partition coefficient (Wildman–Crippen LogP) is 3.23. The number of carbonyl (C=O) groups is 2. The number of hydrogen-bond donors (Lipinski definition) is 2. The molecule has 0 heterocycles. The monoisotopic (exact) mass is 361 g/mol. The van der Waals surface area contributed by atoms with Crippen molar-refractivity contribution in [3.8, 4) is 0 Å². The Hall–Kier alpha value is -1.88. The van der Waals surface area contributed by atoms with Crippen LogP contribution in [-0.2, 0) is 14.3 Å². The van der Waals surface area contributed by atoms with Gasteiger partial charge < -0.3 is 15.2 Å². The molecule has 1 aliphatic carbocycles. The number of esters is 1. The van der Waals surface area contributed by atoms with Crippen molar-refractivity contribution in [3.63, 3.8) is 0 Å². The zero-order chi connectivity index (χ0) is 19.3. The van der Waals surface area contributed by atoms with Gasteiger partial charge in [0, 0.05) is 6.92 Å². The van der Waals surface area contributed by atoms with E-state index >= 15 is 0 Å². The average molecular weight is 361 g/mol. The lowest BCUT2D eigenvalue weighted by Gasteiger charge is -2.43. The third-order valence-corrected chi connectivity index (χ3v) is 5.37. The normalized spacial score (nSPS) is 27.0. The van der Waals surface area contributed by atoms with Crippen molar-refractivity contribution in [2.24, 2.45) is 17.8 Å². The average Bonchev–Trinajstić information content (AvgIpc) is 2.58. The molecule has 0 spiro atoms. The van der Waals surface area contributed by atoms with Gasteiger partial charge in [0.25, 0.3) is 5.91 Å². The van der Waals surface area contributed by atoms with Crippen LogP contribution in [0.3, 0.4) is 0 Å². The fraction of sp³-hybridized carbons (Fsp3) is 0.619. The van der Waals surface area contributed by atoms with Crippen LogP contribution in [0.1, 0.15) is 58.6 Å². The van der Waals surface area contributed by atoms with Crippen molar-refractivity contribution >= 4 is 11.9 Å². The highest BCUT2D eigenvalue weighted by Crippen LogP contribution is 2.41. The first-order valence-electron chi connectivity index (χ1n) is 9.47. The summed E-state index contributed by atoms with van der Waals surface area (Å²) in [6.45, 7) is 7.66. The Bertz CT molecular complexity index is 616. The van der Waals surface area contributed by atoms with Gasteiger partial charge in [-0.3, -0.25) is 9.59 Å². The van der Waals surface area contributed by atoms with Crippen LogP contribution in [0.15, 0.2) is 30.3 Å². The van der Waals surface area contributed by atoms with Gasteiger partial charge in [0.2, 0.25) is 0 Å². The molecule has 0 aliphatic heterocycles. The van der Waals surface area contributed by atoms with Crippen LogP contribution >= 0.6 is 0 Å². The van der Waals surface area contributed by atoms with Gasteiger partial charge in [-0.2, -0.15) is 0 Å². The first kappa shape index (κ1) is 20.4. The molecule has 1 fully saturated rings. The number of benzene rings is 1. The van der Waals surface area contributed by atoms with Crippen LogP contribution in [0.25, 0.3) is 0 Å². The fourth-order valence-corrected chi connectivity index (χ4v) is 4.07. The number of ether oxygens (including phenoxy) is 1. The van der Waals surface area contributed by atoms with Gasteiger partial charge in [-0.05, 0) is 36.2 Å². The first-order chi connectivity index (χ1) is 12.2. The molecular formula is C21H31NO4. The number of carbonyl (C=O) groups excluding carboxylic acids is 2. The van der Waals surface area contributed by atoms with E-state index in [1.165, 1.54) is 6.92 Å². The summed E-state index contributed by atoms with van der Waals surface area (Å²) in [6.07, 6.45) is 1.76. The summed E-state index contributed by atoms with van der Waals surface area (Å²) in [4.78, 5) is 24.3. The summed E-state index contributed by atoms with van der Waals surface area (Å²) in [7, 11) is 0. The summed E-state index contributed by atoms with van der Waals surface area (Å²) in [5.74, 6) is -0.313. The van der Waals surface area contributed by atoms with Gasteiger partial charge in [-0.25, -0.2) is 0 Å². The number of hydrogen-bond acceptors (Lipinski definition) is 4. The second-order valence-corrected chi connectivity index (χ2v) is 7.88. The zero-order valence-electron chi connectivity index (χ0n) is 16.2. The molecule has 4 atom stereocenters. The van der Waals surface area contributed by atoms with Crippen LogP contribution in [0.5, 0.6) is 0 Å². The van der Waals surface area contributed by atoms with Crippen molar-refractivity contribution in [2.75, 3.05) is 6.54 Å². The number of aliphatic hydroxyl groups is 1. The molecule has 26 heavy (non-hydrogen) atoms. The lowest BCUT2D eigenvalue weighted by molar-refractivity contribution is -0.158. The SMILES string of the molecule is CC(=O)O[C@H](CNC(=O)[C@]1(O)C[C@H](C)CC[C@H]1C(C)C)c1ccccc1. The first-order valence-corrected chi connectivity index (χ1v) is 9.47. The largest absolute Gasteiger partial charge is 0.456 e. The maximum Gasteiger partial charge on any atom is 0.303 e.